The second-order valence-electron chi connectivity index (χ2n) is 5.23. The molecule has 0 aliphatic heterocycles. The molecule has 0 fully saturated rings. The standard InChI is InChI=1S/C18H17BrN2/c1-12-6-9-17(19)16(10-12)18(21-20)15-8-7-13-4-2-3-5-14(13)11-15/h2-11,18,21H,20H2,1H3. The second kappa shape index (κ2) is 5.98. The maximum atomic E-state index is 5.83. The van der Waals surface area contributed by atoms with Crippen molar-refractivity contribution in [3.8, 4) is 0 Å². The van der Waals surface area contributed by atoms with Crippen LogP contribution in [-0.2, 0) is 0 Å². The van der Waals surface area contributed by atoms with Crippen LogP contribution in [0.25, 0.3) is 10.8 Å². The van der Waals surface area contributed by atoms with Gasteiger partial charge in [-0.2, -0.15) is 0 Å². The number of nitrogens with one attached hydrogen (secondary N) is 1. The maximum Gasteiger partial charge on any atom is 0.0721 e. The Morgan fingerprint density at radius 3 is 2.48 bits per heavy atom. The SMILES string of the molecule is Cc1ccc(Br)c(C(NN)c2ccc3ccccc3c2)c1. The second-order valence-corrected chi connectivity index (χ2v) is 6.09. The zero-order valence-electron chi connectivity index (χ0n) is 11.8. The van der Waals surface area contributed by atoms with Crippen LogP contribution in [0.1, 0.15) is 22.7 Å². The molecule has 0 aliphatic rings. The highest BCUT2D eigenvalue weighted by atomic mass is 79.9. The van der Waals surface area contributed by atoms with Gasteiger partial charge in [0.25, 0.3) is 0 Å². The topological polar surface area (TPSA) is 38.0 Å². The van der Waals surface area contributed by atoms with Gasteiger partial charge in [0.1, 0.15) is 0 Å². The van der Waals surface area contributed by atoms with Crippen molar-refractivity contribution in [3.63, 3.8) is 0 Å². The van der Waals surface area contributed by atoms with E-state index in [0.717, 1.165) is 15.6 Å². The van der Waals surface area contributed by atoms with E-state index in [9.17, 15) is 0 Å². The van der Waals surface area contributed by atoms with Crippen molar-refractivity contribution in [2.75, 3.05) is 0 Å². The van der Waals surface area contributed by atoms with Crippen molar-refractivity contribution in [2.24, 2.45) is 5.84 Å². The molecule has 0 heterocycles. The van der Waals surface area contributed by atoms with E-state index >= 15 is 0 Å². The molecule has 106 valence electrons. The van der Waals surface area contributed by atoms with Crippen LogP contribution in [-0.4, -0.2) is 0 Å². The van der Waals surface area contributed by atoms with Gasteiger partial charge < -0.3 is 0 Å². The van der Waals surface area contributed by atoms with Gasteiger partial charge in [0.2, 0.25) is 0 Å². The summed E-state index contributed by atoms with van der Waals surface area (Å²) in [4.78, 5) is 0. The first-order chi connectivity index (χ1) is 10.2. The summed E-state index contributed by atoms with van der Waals surface area (Å²) >= 11 is 3.62. The third-order valence-corrected chi connectivity index (χ3v) is 4.46. The summed E-state index contributed by atoms with van der Waals surface area (Å²) in [6.07, 6.45) is 0. The summed E-state index contributed by atoms with van der Waals surface area (Å²) in [5.41, 5.74) is 6.46. The molecule has 0 bridgehead atoms. The number of benzene rings is 3. The molecule has 0 aliphatic carbocycles. The fourth-order valence-electron chi connectivity index (χ4n) is 2.64. The predicted molar refractivity (Wildman–Crippen MR) is 92.0 cm³/mol. The molecule has 3 N–H and O–H groups in total. The highest BCUT2D eigenvalue weighted by molar-refractivity contribution is 9.10. The predicted octanol–water partition coefficient (Wildman–Crippen LogP) is 4.46. The van der Waals surface area contributed by atoms with Gasteiger partial charge in [-0.15, -0.1) is 0 Å². The fraction of sp³-hybridized carbons (Fsp3) is 0.111. The van der Waals surface area contributed by atoms with Crippen LogP contribution >= 0.6 is 15.9 Å². The molecular weight excluding hydrogens is 324 g/mol. The molecule has 3 rings (SSSR count). The zero-order chi connectivity index (χ0) is 14.8. The summed E-state index contributed by atoms with van der Waals surface area (Å²) in [7, 11) is 0. The average Bonchev–Trinajstić information content (AvgIpc) is 2.51. The van der Waals surface area contributed by atoms with Crippen LogP contribution in [0.4, 0.5) is 0 Å². The Morgan fingerprint density at radius 2 is 1.71 bits per heavy atom. The number of hydrazine groups is 1. The van der Waals surface area contributed by atoms with Gasteiger partial charge in [0.05, 0.1) is 6.04 Å². The van der Waals surface area contributed by atoms with E-state index in [1.807, 2.05) is 0 Å². The first-order valence-electron chi connectivity index (χ1n) is 6.90. The zero-order valence-corrected chi connectivity index (χ0v) is 13.4. The molecule has 3 aromatic carbocycles. The number of hydrogen-bond donors (Lipinski definition) is 2. The monoisotopic (exact) mass is 340 g/mol. The van der Waals surface area contributed by atoms with Crippen LogP contribution in [0.3, 0.4) is 0 Å². The lowest BCUT2D eigenvalue weighted by atomic mass is 9.96. The molecule has 3 heteroatoms. The molecule has 0 radical (unpaired) electrons. The lowest BCUT2D eigenvalue weighted by molar-refractivity contribution is 0.635. The van der Waals surface area contributed by atoms with Crippen molar-refractivity contribution >= 4 is 26.7 Å². The maximum absolute atomic E-state index is 5.83. The number of rotatable bonds is 3. The Balaban J connectivity index is 2.11. The fourth-order valence-corrected chi connectivity index (χ4v) is 3.11. The third kappa shape index (κ3) is 2.86. The molecule has 21 heavy (non-hydrogen) atoms. The van der Waals surface area contributed by atoms with Gasteiger partial charge in [-0.3, -0.25) is 5.84 Å². The molecule has 3 aromatic rings. The smallest absolute Gasteiger partial charge is 0.0721 e. The van der Waals surface area contributed by atoms with E-state index in [-0.39, 0.29) is 6.04 Å². The quantitative estimate of drug-likeness (QED) is 0.545. The minimum atomic E-state index is -0.0381. The Bertz CT molecular complexity index is 783. The lowest BCUT2D eigenvalue weighted by Crippen LogP contribution is -2.29. The van der Waals surface area contributed by atoms with Crippen molar-refractivity contribution in [1.29, 1.82) is 0 Å². The summed E-state index contributed by atoms with van der Waals surface area (Å²) < 4.78 is 1.06. The van der Waals surface area contributed by atoms with Crippen LogP contribution < -0.4 is 11.3 Å². The average molecular weight is 341 g/mol. The van der Waals surface area contributed by atoms with Gasteiger partial charge in [-0.1, -0.05) is 70.0 Å². The molecular formula is C18H17BrN2. The van der Waals surface area contributed by atoms with E-state index in [1.54, 1.807) is 0 Å². The first-order valence-corrected chi connectivity index (χ1v) is 7.69. The Labute approximate surface area is 133 Å². The van der Waals surface area contributed by atoms with Crippen LogP contribution in [0, 0.1) is 6.92 Å². The minimum absolute atomic E-state index is 0.0381. The Kier molecular flexibility index (Phi) is 4.06. The summed E-state index contributed by atoms with van der Waals surface area (Å²) in [6, 6.07) is 21.1. The van der Waals surface area contributed by atoms with E-state index in [4.69, 9.17) is 5.84 Å². The normalized spacial score (nSPS) is 12.5. The molecule has 1 atom stereocenters. The summed E-state index contributed by atoms with van der Waals surface area (Å²) in [6.45, 7) is 2.09. The van der Waals surface area contributed by atoms with Crippen molar-refractivity contribution in [1.82, 2.24) is 5.43 Å². The summed E-state index contributed by atoms with van der Waals surface area (Å²) in [5.74, 6) is 5.83. The van der Waals surface area contributed by atoms with Gasteiger partial charge in [0, 0.05) is 4.47 Å². The van der Waals surface area contributed by atoms with E-state index in [2.05, 4.69) is 88.9 Å². The van der Waals surface area contributed by atoms with Crippen LogP contribution in [0.2, 0.25) is 0 Å². The molecule has 0 amide bonds. The third-order valence-electron chi connectivity index (χ3n) is 3.74. The van der Waals surface area contributed by atoms with Gasteiger partial charge in [0.15, 0.2) is 0 Å². The Hall–Kier alpha value is -1.68. The van der Waals surface area contributed by atoms with Gasteiger partial charge in [-0.25, -0.2) is 5.43 Å². The summed E-state index contributed by atoms with van der Waals surface area (Å²) in [5, 5.41) is 2.46. The number of aryl methyl sites for hydroxylation is 1. The van der Waals surface area contributed by atoms with Gasteiger partial charge in [-0.05, 0) is 41.0 Å². The van der Waals surface area contributed by atoms with E-state index in [0.29, 0.717) is 0 Å². The van der Waals surface area contributed by atoms with Crippen molar-refractivity contribution in [3.05, 3.63) is 81.8 Å². The van der Waals surface area contributed by atoms with Crippen LogP contribution in [0.5, 0.6) is 0 Å². The Morgan fingerprint density at radius 1 is 0.952 bits per heavy atom. The van der Waals surface area contributed by atoms with E-state index < -0.39 is 0 Å². The largest absolute Gasteiger partial charge is 0.271 e. The number of fused-ring (bicyclic) bond motifs is 1. The first kappa shape index (κ1) is 14.3. The van der Waals surface area contributed by atoms with E-state index in [1.165, 1.54) is 16.3 Å². The number of nitrogens with two attached hydrogens (primary N) is 1. The van der Waals surface area contributed by atoms with Crippen molar-refractivity contribution < 1.29 is 0 Å². The lowest BCUT2D eigenvalue weighted by Gasteiger charge is -2.19. The van der Waals surface area contributed by atoms with Crippen LogP contribution in [0.15, 0.2) is 65.1 Å². The molecule has 0 aromatic heterocycles. The highest BCUT2D eigenvalue weighted by Crippen LogP contribution is 2.30. The highest BCUT2D eigenvalue weighted by Gasteiger charge is 2.15. The number of halogens is 1. The number of hydrogen-bond acceptors (Lipinski definition) is 2. The molecule has 0 saturated carbocycles. The minimum Gasteiger partial charge on any atom is -0.271 e. The molecule has 0 spiro atoms. The molecule has 0 saturated heterocycles. The molecule has 2 nitrogen and oxygen atoms in total. The van der Waals surface area contributed by atoms with Gasteiger partial charge >= 0.3 is 0 Å². The van der Waals surface area contributed by atoms with Crippen molar-refractivity contribution in [2.45, 2.75) is 13.0 Å². The molecule has 1 unspecified atom stereocenters.